The first kappa shape index (κ1) is 19.7. The van der Waals surface area contributed by atoms with Crippen molar-refractivity contribution >= 4 is 29.4 Å². The summed E-state index contributed by atoms with van der Waals surface area (Å²) in [6.07, 6.45) is 2.04. The number of aromatic nitrogens is 1. The molecular formula is C22H16ClNO6. The Kier molecular flexibility index (Phi) is 5.54. The van der Waals surface area contributed by atoms with E-state index in [-0.39, 0.29) is 28.9 Å². The zero-order valence-electron chi connectivity index (χ0n) is 15.9. The van der Waals surface area contributed by atoms with Gasteiger partial charge in [-0.25, -0.2) is 0 Å². The van der Waals surface area contributed by atoms with Crippen LogP contribution < -0.4 is 14.2 Å². The van der Waals surface area contributed by atoms with Crippen LogP contribution in [0, 0.1) is 0 Å². The second-order valence-electron chi connectivity index (χ2n) is 6.46. The van der Waals surface area contributed by atoms with Crippen LogP contribution in [0.4, 0.5) is 0 Å². The molecule has 0 saturated carbocycles. The largest absolute Gasteiger partial charge is 0.497 e. The maximum Gasteiger partial charge on any atom is 0.311 e. The summed E-state index contributed by atoms with van der Waals surface area (Å²) in [5, 5.41) is 3.78. The lowest BCUT2D eigenvalue weighted by molar-refractivity contribution is -0.134. The molecule has 0 radical (unpaired) electrons. The predicted octanol–water partition coefficient (Wildman–Crippen LogP) is 4.49. The Morgan fingerprint density at radius 1 is 1.17 bits per heavy atom. The van der Waals surface area contributed by atoms with Gasteiger partial charge >= 0.3 is 5.97 Å². The Morgan fingerprint density at radius 2 is 2.03 bits per heavy atom. The van der Waals surface area contributed by atoms with Crippen LogP contribution >= 0.6 is 11.6 Å². The molecule has 0 amide bonds. The zero-order chi connectivity index (χ0) is 21.1. The second kappa shape index (κ2) is 8.42. The molecule has 0 spiro atoms. The summed E-state index contributed by atoms with van der Waals surface area (Å²) in [6.45, 7) is 0. The number of methoxy groups -OCH3 is 1. The Morgan fingerprint density at radius 3 is 2.80 bits per heavy atom. The number of carbonyl (C=O) groups excluding carboxylic acids is 2. The van der Waals surface area contributed by atoms with Gasteiger partial charge in [0.2, 0.25) is 5.78 Å². The van der Waals surface area contributed by atoms with E-state index in [9.17, 15) is 9.59 Å². The summed E-state index contributed by atoms with van der Waals surface area (Å²) < 4.78 is 21.2. The molecule has 0 N–H and O–H groups in total. The molecule has 4 rings (SSSR count). The molecule has 2 heterocycles. The SMILES string of the molecule is COc1cccc(/C=C2\Oc3cc(OC(=O)CCc4cc(Cl)no4)ccc3C2=O)c1. The van der Waals surface area contributed by atoms with Crippen molar-refractivity contribution in [2.45, 2.75) is 12.8 Å². The van der Waals surface area contributed by atoms with Gasteiger partial charge in [0.25, 0.3) is 0 Å². The normalized spacial score (nSPS) is 13.8. The fraction of sp³-hybridized carbons (Fsp3) is 0.136. The van der Waals surface area contributed by atoms with Crippen molar-refractivity contribution in [3.05, 3.63) is 76.3 Å². The van der Waals surface area contributed by atoms with E-state index in [0.717, 1.165) is 5.56 Å². The van der Waals surface area contributed by atoms with Crippen LogP contribution in [0.15, 0.2) is 58.8 Å². The molecule has 0 bridgehead atoms. The molecule has 152 valence electrons. The molecule has 1 aliphatic rings. The number of nitrogens with zero attached hydrogens (tertiary/aromatic N) is 1. The lowest BCUT2D eigenvalue weighted by Gasteiger charge is -2.05. The van der Waals surface area contributed by atoms with Crippen molar-refractivity contribution < 1.29 is 28.3 Å². The topological polar surface area (TPSA) is 87.9 Å². The fourth-order valence-corrected chi connectivity index (χ4v) is 3.08. The Balaban J connectivity index is 1.43. The molecule has 1 aliphatic heterocycles. The number of aryl methyl sites for hydroxylation is 1. The fourth-order valence-electron chi connectivity index (χ4n) is 2.93. The molecule has 0 unspecified atom stereocenters. The molecule has 8 heteroatoms. The van der Waals surface area contributed by atoms with Gasteiger partial charge < -0.3 is 18.7 Å². The van der Waals surface area contributed by atoms with Crippen LogP contribution in [0.1, 0.15) is 28.1 Å². The van der Waals surface area contributed by atoms with Crippen molar-refractivity contribution in [1.29, 1.82) is 0 Å². The van der Waals surface area contributed by atoms with Crippen molar-refractivity contribution in [3.63, 3.8) is 0 Å². The number of Topliss-reactive ketones (excluding diaryl/α,β-unsaturated/α-hetero) is 1. The number of rotatable bonds is 6. The third-order valence-electron chi connectivity index (χ3n) is 4.37. The highest BCUT2D eigenvalue weighted by atomic mass is 35.5. The molecule has 0 aliphatic carbocycles. The number of hydrogen-bond acceptors (Lipinski definition) is 7. The highest BCUT2D eigenvalue weighted by Crippen LogP contribution is 2.35. The van der Waals surface area contributed by atoms with E-state index < -0.39 is 5.97 Å². The monoisotopic (exact) mass is 425 g/mol. The number of ketones is 1. The third-order valence-corrected chi connectivity index (χ3v) is 4.55. The van der Waals surface area contributed by atoms with Crippen molar-refractivity contribution in [2.24, 2.45) is 0 Å². The number of fused-ring (bicyclic) bond motifs is 1. The minimum absolute atomic E-state index is 0.0867. The van der Waals surface area contributed by atoms with Gasteiger partial charge in [0.15, 0.2) is 10.9 Å². The van der Waals surface area contributed by atoms with Gasteiger partial charge in [0.05, 0.1) is 19.1 Å². The number of ether oxygens (including phenoxy) is 3. The Hall–Kier alpha value is -3.58. The summed E-state index contributed by atoms with van der Waals surface area (Å²) in [6, 6.07) is 13.4. The van der Waals surface area contributed by atoms with E-state index in [0.29, 0.717) is 29.2 Å². The van der Waals surface area contributed by atoms with Gasteiger partial charge in [-0.15, -0.1) is 0 Å². The van der Waals surface area contributed by atoms with Crippen molar-refractivity contribution in [1.82, 2.24) is 5.16 Å². The van der Waals surface area contributed by atoms with Crippen molar-refractivity contribution in [2.75, 3.05) is 7.11 Å². The highest BCUT2D eigenvalue weighted by molar-refractivity contribution is 6.29. The average Bonchev–Trinajstić information content (AvgIpc) is 3.29. The Labute approximate surface area is 176 Å². The first-order valence-corrected chi connectivity index (χ1v) is 9.44. The van der Waals surface area contributed by atoms with Gasteiger partial charge in [0.1, 0.15) is 23.0 Å². The number of carbonyl (C=O) groups is 2. The number of esters is 1. The lowest BCUT2D eigenvalue weighted by atomic mass is 10.1. The number of hydrogen-bond donors (Lipinski definition) is 0. The highest BCUT2D eigenvalue weighted by Gasteiger charge is 2.28. The summed E-state index contributed by atoms with van der Waals surface area (Å²) >= 11 is 5.68. The summed E-state index contributed by atoms with van der Waals surface area (Å²) in [5.74, 6) is 1.27. The Bertz CT molecular complexity index is 1150. The summed E-state index contributed by atoms with van der Waals surface area (Å²) in [7, 11) is 1.57. The average molecular weight is 426 g/mol. The van der Waals surface area contributed by atoms with E-state index in [2.05, 4.69) is 5.16 Å². The van der Waals surface area contributed by atoms with Gasteiger partial charge in [-0.2, -0.15) is 0 Å². The molecule has 1 aromatic heterocycles. The lowest BCUT2D eigenvalue weighted by Crippen LogP contribution is -2.08. The zero-order valence-corrected chi connectivity index (χ0v) is 16.6. The van der Waals surface area contributed by atoms with Gasteiger partial charge in [-0.05, 0) is 35.9 Å². The molecular weight excluding hydrogens is 410 g/mol. The van der Waals surface area contributed by atoms with Gasteiger partial charge in [0, 0.05) is 18.6 Å². The van der Waals surface area contributed by atoms with E-state index in [4.69, 9.17) is 30.3 Å². The van der Waals surface area contributed by atoms with Crippen molar-refractivity contribution in [3.8, 4) is 17.2 Å². The van der Waals surface area contributed by atoms with Crippen LogP contribution in [0.2, 0.25) is 5.15 Å². The molecule has 3 aromatic rings. The number of allylic oxidation sites excluding steroid dienone is 1. The van der Waals surface area contributed by atoms with Crippen LogP contribution in [0.3, 0.4) is 0 Å². The van der Waals surface area contributed by atoms with Gasteiger partial charge in [-0.1, -0.05) is 28.9 Å². The van der Waals surface area contributed by atoms with E-state index in [1.165, 1.54) is 6.07 Å². The minimum atomic E-state index is -0.459. The number of halogens is 1. The molecule has 30 heavy (non-hydrogen) atoms. The molecule has 7 nitrogen and oxygen atoms in total. The first-order valence-electron chi connectivity index (χ1n) is 9.06. The van der Waals surface area contributed by atoms with Crippen LogP contribution in [-0.4, -0.2) is 24.0 Å². The molecule has 0 atom stereocenters. The van der Waals surface area contributed by atoms with Crippen LogP contribution in [0.25, 0.3) is 6.08 Å². The third kappa shape index (κ3) is 4.36. The maximum atomic E-state index is 12.6. The summed E-state index contributed by atoms with van der Waals surface area (Å²) in [4.78, 5) is 24.7. The first-order chi connectivity index (χ1) is 14.5. The second-order valence-corrected chi connectivity index (χ2v) is 6.85. The molecule has 0 saturated heterocycles. The van der Waals surface area contributed by atoms with Crippen LogP contribution in [-0.2, 0) is 11.2 Å². The minimum Gasteiger partial charge on any atom is -0.497 e. The van der Waals surface area contributed by atoms with E-state index in [1.54, 1.807) is 37.5 Å². The molecule has 0 fully saturated rings. The predicted molar refractivity (Wildman–Crippen MR) is 108 cm³/mol. The van der Waals surface area contributed by atoms with Crippen LogP contribution in [0.5, 0.6) is 17.2 Å². The maximum absolute atomic E-state index is 12.6. The van der Waals surface area contributed by atoms with E-state index >= 15 is 0 Å². The quantitative estimate of drug-likeness (QED) is 0.326. The molecule has 2 aromatic carbocycles. The standard InChI is InChI=1S/C22H16ClNO6/c1-27-14-4-2-3-13(9-14)10-19-22(26)17-7-5-15(11-18(17)29-19)28-21(25)8-6-16-12-20(23)24-30-16/h2-5,7,9-12H,6,8H2,1H3/b19-10-. The van der Waals surface area contributed by atoms with E-state index in [1.807, 2.05) is 18.2 Å². The number of benzene rings is 2. The summed E-state index contributed by atoms with van der Waals surface area (Å²) in [5.41, 5.74) is 1.17. The smallest absolute Gasteiger partial charge is 0.311 e. The van der Waals surface area contributed by atoms with Gasteiger partial charge in [-0.3, -0.25) is 9.59 Å².